The molecule has 11 heteroatoms. The molecule has 3 aromatic rings. The van der Waals surface area contributed by atoms with E-state index in [9.17, 15) is 19.2 Å². The highest BCUT2D eigenvalue weighted by molar-refractivity contribution is 6.02. The van der Waals surface area contributed by atoms with Crippen LogP contribution in [0, 0.1) is 24.2 Å². The van der Waals surface area contributed by atoms with E-state index in [-0.39, 0.29) is 36.4 Å². The summed E-state index contributed by atoms with van der Waals surface area (Å²) in [6.07, 6.45) is 11.1. The van der Waals surface area contributed by atoms with E-state index < -0.39 is 18.1 Å². The molecule has 238 valence electrons. The van der Waals surface area contributed by atoms with Crippen molar-refractivity contribution in [2.75, 3.05) is 5.32 Å². The monoisotopic (exact) mass is 615 g/mol. The molecule has 0 unspecified atom stereocenters. The van der Waals surface area contributed by atoms with Gasteiger partial charge < -0.3 is 20.1 Å². The van der Waals surface area contributed by atoms with Crippen LogP contribution in [0.25, 0.3) is 10.8 Å². The van der Waals surface area contributed by atoms with Gasteiger partial charge in [-0.2, -0.15) is 0 Å². The van der Waals surface area contributed by atoms with Gasteiger partial charge in [-0.1, -0.05) is 61.9 Å². The number of anilines is 1. The Kier molecular flexibility index (Phi) is 12.1. The molecule has 45 heavy (non-hydrogen) atoms. The normalized spacial score (nSPS) is 17.1. The maximum absolute atomic E-state index is 13.1. The van der Waals surface area contributed by atoms with E-state index in [0.717, 1.165) is 23.6 Å². The summed E-state index contributed by atoms with van der Waals surface area (Å²) in [7, 11) is 0. The number of amides is 2. The Morgan fingerprint density at radius 3 is 2.73 bits per heavy atom. The number of nitrogens with one attached hydrogen (secondary N) is 2. The lowest BCUT2D eigenvalue weighted by atomic mass is 9.86. The topological polar surface area (TPSA) is 142 Å². The van der Waals surface area contributed by atoms with Crippen molar-refractivity contribution in [3.63, 3.8) is 0 Å². The molecule has 2 amide bonds. The van der Waals surface area contributed by atoms with Gasteiger partial charge in [0.25, 0.3) is 0 Å². The smallest absolute Gasteiger partial charge is 0.328 e. The fraction of sp³-hybridized carbons (Fsp3) is 0.471. The Morgan fingerprint density at radius 1 is 1.18 bits per heavy atom. The number of benzene rings is 2. The van der Waals surface area contributed by atoms with Crippen molar-refractivity contribution in [2.24, 2.45) is 11.8 Å². The Hall–Kier alpha value is -4.72. The number of esters is 2. The van der Waals surface area contributed by atoms with Crippen LogP contribution in [0.15, 0.2) is 48.7 Å². The van der Waals surface area contributed by atoms with Crippen LogP contribution in [0.3, 0.4) is 0 Å². The first-order valence-electron chi connectivity index (χ1n) is 15.5. The molecule has 1 aliphatic heterocycles. The third kappa shape index (κ3) is 9.63. The summed E-state index contributed by atoms with van der Waals surface area (Å²) in [5.41, 5.74) is 1.34. The lowest BCUT2D eigenvalue weighted by Gasteiger charge is -2.37. The van der Waals surface area contributed by atoms with Gasteiger partial charge >= 0.3 is 11.9 Å². The lowest BCUT2D eigenvalue weighted by molar-refractivity contribution is -0.190. The van der Waals surface area contributed by atoms with Crippen molar-refractivity contribution >= 4 is 40.7 Å². The number of ether oxygens (including phenoxy) is 2. The maximum atomic E-state index is 13.1. The predicted molar refractivity (Wildman–Crippen MR) is 169 cm³/mol. The molecule has 0 bridgehead atoms. The van der Waals surface area contributed by atoms with Crippen molar-refractivity contribution in [2.45, 2.75) is 90.0 Å². The van der Waals surface area contributed by atoms with Crippen molar-refractivity contribution in [1.82, 2.24) is 20.3 Å². The molecule has 11 nitrogen and oxygen atoms in total. The standard InChI is InChI=1S/C34H41N5O6/c1-4-5-6-7-14-28-31(45-33(28)42)19-26(44-34(43)30(35-22-40)18-23(2)3)17-16-25-20-39(38-37-25)21-32(41)36-29-15-10-12-24-11-8-9-13-27(24)29/h1,8-13,15,20,22-23,26,28,30-31H,5-7,14,16-19,21H2,2-3H3,(H,35,40)(H,36,41)/t26-,28-,30-,31-/m0/s1. The van der Waals surface area contributed by atoms with Crippen molar-refractivity contribution < 1.29 is 28.7 Å². The first-order valence-corrected chi connectivity index (χ1v) is 15.5. The Labute approximate surface area is 263 Å². The third-order valence-electron chi connectivity index (χ3n) is 7.82. The van der Waals surface area contributed by atoms with Gasteiger partial charge in [0.15, 0.2) is 0 Å². The molecule has 2 N–H and O–H groups in total. The number of nitrogens with zero attached hydrogens (tertiary/aromatic N) is 3. The van der Waals surface area contributed by atoms with Crippen LogP contribution in [0.2, 0.25) is 0 Å². The molecular weight excluding hydrogens is 574 g/mol. The second kappa shape index (κ2) is 16.4. The summed E-state index contributed by atoms with van der Waals surface area (Å²) in [6, 6.07) is 12.8. The van der Waals surface area contributed by atoms with Crippen LogP contribution < -0.4 is 10.6 Å². The molecule has 2 heterocycles. The summed E-state index contributed by atoms with van der Waals surface area (Å²) in [6.45, 7) is 3.88. The SMILES string of the molecule is C#CCCCC[C@@H]1C(=O)O[C@H]1C[C@H](CCc1cn(CC(=O)Nc2cccc3ccccc23)nn1)OC(=O)[C@H](CC(C)C)NC=O. The summed E-state index contributed by atoms with van der Waals surface area (Å²) < 4.78 is 12.8. The highest BCUT2D eigenvalue weighted by Crippen LogP contribution is 2.32. The minimum Gasteiger partial charge on any atom is -0.461 e. The summed E-state index contributed by atoms with van der Waals surface area (Å²) >= 11 is 0. The second-order valence-corrected chi connectivity index (χ2v) is 11.8. The average molecular weight is 616 g/mol. The molecule has 0 spiro atoms. The van der Waals surface area contributed by atoms with Gasteiger partial charge in [0.2, 0.25) is 12.3 Å². The minimum atomic E-state index is -0.783. The number of hydrogen-bond donors (Lipinski definition) is 2. The molecule has 2 aromatic carbocycles. The largest absolute Gasteiger partial charge is 0.461 e. The van der Waals surface area contributed by atoms with Crippen LogP contribution in [-0.2, 0) is 41.6 Å². The van der Waals surface area contributed by atoms with E-state index in [2.05, 4.69) is 26.9 Å². The first kappa shape index (κ1) is 33.2. The first-order chi connectivity index (χ1) is 21.8. The second-order valence-electron chi connectivity index (χ2n) is 11.8. The lowest BCUT2D eigenvalue weighted by Crippen LogP contribution is -2.48. The number of unbranched alkanes of at least 4 members (excludes halogenated alkanes) is 2. The van der Waals surface area contributed by atoms with Crippen LogP contribution >= 0.6 is 0 Å². The molecular formula is C34H41N5O6. The Morgan fingerprint density at radius 2 is 1.98 bits per heavy atom. The highest BCUT2D eigenvalue weighted by Gasteiger charge is 2.43. The fourth-order valence-electron chi connectivity index (χ4n) is 5.53. The fourth-order valence-corrected chi connectivity index (χ4v) is 5.53. The number of carbonyl (C=O) groups excluding carboxylic acids is 4. The van der Waals surface area contributed by atoms with E-state index >= 15 is 0 Å². The number of hydrogen-bond acceptors (Lipinski definition) is 8. The highest BCUT2D eigenvalue weighted by atomic mass is 16.6. The van der Waals surface area contributed by atoms with E-state index in [1.807, 2.05) is 56.3 Å². The number of cyclic esters (lactones) is 1. The molecule has 1 fully saturated rings. The summed E-state index contributed by atoms with van der Waals surface area (Å²) in [5, 5.41) is 15.8. The number of aryl methyl sites for hydroxylation is 1. The number of aromatic nitrogens is 3. The molecule has 0 saturated carbocycles. The number of rotatable bonds is 18. The molecule has 1 aliphatic rings. The summed E-state index contributed by atoms with van der Waals surface area (Å²) in [4.78, 5) is 49.2. The molecule has 0 aliphatic carbocycles. The van der Waals surface area contributed by atoms with Crippen molar-refractivity contribution in [3.8, 4) is 12.3 Å². The third-order valence-corrected chi connectivity index (χ3v) is 7.82. The van der Waals surface area contributed by atoms with E-state index in [1.54, 1.807) is 6.20 Å². The van der Waals surface area contributed by atoms with E-state index in [0.29, 0.717) is 56.3 Å². The molecule has 4 rings (SSSR count). The van der Waals surface area contributed by atoms with E-state index in [4.69, 9.17) is 15.9 Å². The maximum Gasteiger partial charge on any atom is 0.328 e. The average Bonchev–Trinajstić information content (AvgIpc) is 3.46. The zero-order chi connectivity index (χ0) is 32.2. The van der Waals surface area contributed by atoms with Gasteiger partial charge in [-0.3, -0.25) is 14.4 Å². The number of fused-ring (bicyclic) bond motifs is 1. The molecule has 1 aromatic heterocycles. The zero-order valence-corrected chi connectivity index (χ0v) is 25.8. The van der Waals surface area contributed by atoms with Gasteiger partial charge in [0.05, 0.1) is 11.6 Å². The molecule has 0 radical (unpaired) electrons. The van der Waals surface area contributed by atoms with Gasteiger partial charge in [-0.15, -0.1) is 17.4 Å². The van der Waals surface area contributed by atoms with Crippen LogP contribution in [0.1, 0.15) is 64.5 Å². The van der Waals surface area contributed by atoms with Gasteiger partial charge in [0.1, 0.15) is 24.8 Å². The van der Waals surface area contributed by atoms with Crippen molar-refractivity contribution in [1.29, 1.82) is 0 Å². The van der Waals surface area contributed by atoms with Crippen LogP contribution in [-0.4, -0.2) is 57.5 Å². The Bertz CT molecular complexity index is 1510. The van der Waals surface area contributed by atoms with Gasteiger partial charge in [-0.25, -0.2) is 9.48 Å². The van der Waals surface area contributed by atoms with E-state index in [1.165, 1.54) is 4.68 Å². The predicted octanol–water partition coefficient (Wildman–Crippen LogP) is 4.20. The van der Waals surface area contributed by atoms with Gasteiger partial charge in [0, 0.05) is 30.1 Å². The zero-order valence-electron chi connectivity index (χ0n) is 25.8. The Balaban J connectivity index is 1.37. The quantitative estimate of drug-likeness (QED) is 0.0939. The van der Waals surface area contributed by atoms with Crippen LogP contribution in [0.5, 0.6) is 0 Å². The van der Waals surface area contributed by atoms with Crippen molar-refractivity contribution in [3.05, 3.63) is 54.4 Å². The number of terminal acetylenes is 1. The van der Waals surface area contributed by atoms with Gasteiger partial charge in [-0.05, 0) is 49.5 Å². The number of carbonyl (C=O) groups is 4. The molecule has 1 saturated heterocycles. The minimum absolute atomic E-state index is 0.0255. The molecule has 4 atom stereocenters. The van der Waals surface area contributed by atoms with Crippen LogP contribution in [0.4, 0.5) is 5.69 Å². The summed E-state index contributed by atoms with van der Waals surface area (Å²) in [5.74, 6) is 1.46.